The van der Waals surface area contributed by atoms with E-state index in [0.717, 1.165) is 11.3 Å². The number of rotatable bonds is 7. The highest BCUT2D eigenvalue weighted by Crippen LogP contribution is 2.29. The van der Waals surface area contributed by atoms with Gasteiger partial charge in [-0.05, 0) is 60.7 Å². The molecule has 0 spiro atoms. The van der Waals surface area contributed by atoms with Crippen molar-refractivity contribution in [3.63, 3.8) is 0 Å². The third kappa shape index (κ3) is 6.04. The predicted molar refractivity (Wildman–Crippen MR) is 145 cm³/mol. The van der Waals surface area contributed by atoms with E-state index in [-0.39, 0.29) is 11.3 Å². The molecule has 0 aliphatic heterocycles. The first kappa shape index (κ1) is 26.9. The minimum atomic E-state index is -0.516. The summed E-state index contributed by atoms with van der Waals surface area (Å²) in [6, 6.07) is 12.5. The Hall–Kier alpha value is -4.14. The van der Waals surface area contributed by atoms with E-state index < -0.39 is 17.8 Å². The van der Waals surface area contributed by atoms with Gasteiger partial charge in [-0.2, -0.15) is 4.98 Å². The van der Waals surface area contributed by atoms with Gasteiger partial charge in [-0.3, -0.25) is 4.79 Å². The summed E-state index contributed by atoms with van der Waals surface area (Å²) in [6.45, 7) is 13.7. The third-order valence-electron chi connectivity index (χ3n) is 6.23. The number of aryl methyl sites for hydroxylation is 1. The summed E-state index contributed by atoms with van der Waals surface area (Å²) in [7, 11) is 0. The molecule has 8 nitrogen and oxygen atoms in total. The Morgan fingerprint density at radius 2 is 1.82 bits per heavy atom. The molecule has 0 aliphatic rings. The van der Waals surface area contributed by atoms with Crippen molar-refractivity contribution in [1.82, 2.24) is 25.4 Å². The summed E-state index contributed by atoms with van der Waals surface area (Å²) in [4.78, 5) is 25.5. The Balaban J connectivity index is 1.53. The van der Waals surface area contributed by atoms with Crippen LogP contribution in [0.1, 0.15) is 86.7 Å². The molecule has 0 fully saturated rings. The van der Waals surface area contributed by atoms with Gasteiger partial charge in [0.15, 0.2) is 5.82 Å². The average Bonchev–Trinajstić information content (AvgIpc) is 3.37. The van der Waals surface area contributed by atoms with Crippen LogP contribution < -0.4 is 10.6 Å². The van der Waals surface area contributed by atoms with Gasteiger partial charge in [-0.15, -0.1) is 0 Å². The molecule has 2 N–H and O–H groups in total. The molecule has 0 unspecified atom stereocenters. The Kier molecular flexibility index (Phi) is 7.57. The maximum absolute atomic E-state index is 15.3. The summed E-state index contributed by atoms with van der Waals surface area (Å²) in [6.07, 6.45) is 1.41. The van der Waals surface area contributed by atoms with Crippen molar-refractivity contribution in [2.45, 2.75) is 65.8 Å². The van der Waals surface area contributed by atoms with E-state index in [1.165, 1.54) is 18.0 Å². The maximum Gasteiger partial charge on any atom is 0.315 e. The Bertz CT molecular complexity index is 1460. The standard InChI is InChI=1S/C29H33FN6O2/c1-16(2)19-9-8-10-20(12-19)34-25-14-24(31-15-32-25)22-11-17(3)21(13-23(22)30)18(4)33-26(37)27-35-28(36-38-27)29(5,6)7/h8-16,18H,1-7H3,(H,33,37)(H,31,32,34)/t18-/m1/s1. The van der Waals surface area contributed by atoms with Crippen LogP contribution >= 0.6 is 0 Å². The van der Waals surface area contributed by atoms with Gasteiger partial charge in [0.25, 0.3) is 0 Å². The second kappa shape index (κ2) is 10.7. The molecule has 0 aliphatic carbocycles. The largest absolute Gasteiger partial charge is 0.341 e. The fourth-order valence-corrected chi connectivity index (χ4v) is 4.01. The van der Waals surface area contributed by atoms with Gasteiger partial charge in [0, 0.05) is 22.7 Å². The maximum atomic E-state index is 15.3. The first-order chi connectivity index (χ1) is 17.9. The molecular formula is C29H33FN6O2. The van der Waals surface area contributed by atoms with Crippen LogP contribution in [0.15, 0.2) is 53.3 Å². The predicted octanol–water partition coefficient (Wildman–Crippen LogP) is 6.63. The summed E-state index contributed by atoms with van der Waals surface area (Å²) < 4.78 is 20.5. The molecule has 198 valence electrons. The lowest BCUT2D eigenvalue weighted by Crippen LogP contribution is -2.27. The fraction of sp³-hybridized carbons (Fsp3) is 0.345. The van der Waals surface area contributed by atoms with E-state index in [4.69, 9.17) is 4.52 Å². The van der Waals surface area contributed by atoms with Gasteiger partial charge in [-0.1, -0.05) is 51.9 Å². The molecule has 4 aromatic rings. The molecule has 0 radical (unpaired) electrons. The van der Waals surface area contributed by atoms with Crippen molar-refractivity contribution in [3.05, 3.63) is 83.0 Å². The van der Waals surface area contributed by atoms with E-state index in [0.29, 0.717) is 34.4 Å². The van der Waals surface area contributed by atoms with Gasteiger partial charge >= 0.3 is 11.8 Å². The van der Waals surface area contributed by atoms with Crippen LogP contribution in [0.4, 0.5) is 15.9 Å². The van der Waals surface area contributed by atoms with Crippen LogP contribution in [0.5, 0.6) is 0 Å². The van der Waals surface area contributed by atoms with Gasteiger partial charge in [0.2, 0.25) is 0 Å². The first-order valence-electron chi connectivity index (χ1n) is 12.6. The van der Waals surface area contributed by atoms with E-state index in [9.17, 15) is 4.79 Å². The lowest BCUT2D eigenvalue weighted by molar-refractivity contribution is 0.0895. The van der Waals surface area contributed by atoms with Crippen molar-refractivity contribution in [2.24, 2.45) is 0 Å². The SMILES string of the molecule is Cc1cc(-c2cc(Nc3cccc(C(C)C)c3)ncn2)c(F)cc1[C@@H](C)NC(=O)c1nc(C(C)(C)C)no1. The molecule has 1 atom stereocenters. The summed E-state index contributed by atoms with van der Waals surface area (Å²) >= 11 is 0. The average molecular weight is 517 g/mol. The van der Waals surface area contributed by atoms with Crippen molar-refractivity contribution in [2.75, 3.05) is 5.32 Å². The number of hydrogen-bond donors (Lipinski definition) is 2. The van der Waals surface area contributed by atoms with Crippen molar-refractivity contribution in [1.29, 1.82) is 0 Å². The van der Waals surface area contributed by atoms with Crippen LogP contribution in [0.2, 0.25) is 0 Å². The molecular weight excluding hydrogens is 483 g/mol. The minimum Gasteiger partial charge on any atom is -0.341 e. The number of amides is 1. The molecule has 0 saturated heterocycles. The van der Waals surface area contributed by atoms with E-state index in [1.807, 2.05) is 39.8 Å². The van der Waals surface area contributed by atoms with Gasteiger partial charge < -0.3 is 15.2 Å². The zero-order valence-corrected chi connectivity index (χ0v) is 22.8. The van der Waals surface area contributed by atoms with E-state index in [1.54, 1.807) is 19.1 Å². The van der Waals surface area contributed by atoms with Crippen molar-refractivity contribution >= 4 is 17.4 Å². The van der Waals surface area contributed by atoms with Gasteiger partial charge in [0.1, 0.15) is 18.0 Å². The number of aromatic nitrogens is 4. The summed E-state index contributed by atoms with van der Waals surface area (Å²) in [5.74, 6) is 0.299. The molecule has 0 saturated carbocycles. The smallest absolute Gasteiger partial charge is 0.315 e. The topological polar surface area (TPSA) is 106 Å². The Morgan fingerprint density at radius 1 is 1.05 bits per heavy atom. The highest BCUT2D eigenvalue weighted by atomic mass is 19.1. The third-order valence-corrected chi connectivity index (χ3v) is 6.23. The second-order valence-corrected chi connectivity index (χ2v) is 10.8. The van der Waals surface area contributed by atoms with Crippen molar-refractivity contribution < 1.29 is 13.7 Å². The number of carbonyl (C=O) groups excluding carboxylic acids is 1. The monoisotopic (exact) mass is 516 g/mol. The molecule has 0 bridgehead atoms. The molecule has 2 aromatic carbocycles. The molecule has 38 heavy (non-hydrogen) atoms. The van der Waals surface area contributed by atoms with Crippen molar-refractivity contribution in [3.8, 4) is 11.3 Å². The number of carbonyl (C=O) groups is 1. The summed E-state index contributed by atoms with van der Waals surface area (Å²) in [5.41, 5.74) is 3.98. The summed E-state index contributed by atoms with van der Waals surface area (Å²) in [5, 5.41) is 9.98. The number of anilines is 2. The van der Waals surface area contributed by atoms with Crippen LogP contribution in [0, 0.1) is 12.7 Å². The van der Waals surface area contributed by atoms with Crippen LogP contribution in [0.3, 0.4) is 0 Å². The molecule has 4 rings (SSSR count). The lowest BCUT2D eigenvalue weighted by Gasteiger charge is -2.17. The molecule has 9 heteroatoms. The quantitative estimate of drug-likeness (QED) is 0.284. The molecule has 2 aromatic heterocycles. The normalized spacial score (nSPS) is 12.4. The number of hydrogen-bond acceptors (Lipinski definition) is 7. The lowest BCUT2D eigenvalue weighted by atomic mass is 9.96. The van der Waals surface area contributed by atoms with E-state index in [2.05, 4.69) is 56.7 Å². The number of benzene rings is 2. The highest BCUT2D eigenvalue weighted by molar-refractivity contribution is 5.89. The van der Waals surface area contributed by atoms with Gasteiger partial charge in [0.05, 0.1) is 11.7 Å². The fourth-order valence-electron chi connectivity index (χ4n) is 4.01. The second-order valence-electron chi connectivity index (χ2n) is 10.8. The van der Waals surface area contributed by atoms with E-state index >= 15 is 4.39 Å². The Morgan fingerprint density at radius 3 is 2.50 bits per heavy atom. The van der Waals surface area contributed by atoms with Gasteiger partial charge in [-0.25, -0.2) is 14.4 Å². The first-order valence-corrected chi connectivity index (χ1v) is 12.6. The van der Waals surface area contributed by atoms with Crippen LogP contribution in [0.25, 0.3) is 11.3 Å². The van der Waals surface area contributed by atoms with Crippen LogP contribution in [-0.2, 0) is 5.41 Å². The number of nitrogens with one attached hydrogen (secondary N) is 2. The number of nitrogens with zero attached hydrogens (tertiary/aromatic N) is 4. The zero-order chi connectivity index (χ0) is 27.6. The molecule has 1 amide bonds. The minimum absolute atomic E-state index is 0.128. The Labute approximate surface area is 222 Å². The van der Waals surface area contributed by atoms with Crippen LogP contribution in [-0.4, -0.2) is 26.0 Å². The molecule has 2 heterocycles. The zero-order valence-electron chi connectivity index (χ0n) is 22.8. The number of halogens is 1. The highest BCUT2D eigenvalue weighted by Gasteiger charge is 2.25.